The van der Waals surface area contributed by atoms with Crippen molar-refractivity contribution in [2.75, 3.05) is 6.61 Å². The number of carbonyl (C=O) groups is 3. The Bertz CT molecular complexity index is 399. The maximum Gasteiger partial charge on any atom is 0.408 e. The predicted octanol–water partition coefficient (Wildman–Crippen LogP) is 2.19. The van der Waals surface area contributed by atoms with Gasteiger partial charge >= 0.3 is 18.0 Å². The zero-order chi connectivity index (χ0) is 17.5. The first kappa shape index (κ1) is 20.2. The Kier molecular flexibility index (Phi) is 7.90. The lowest BCUT2D eigenvalue weighted by atomic mass is 9.99. The number of hydrogen-bond donors (Lipinski definition) is 2. The van der Waals surface area contributed by atoms with Gasteiger partial charge < -0.3 is 19.9 Å². The number of ether oxygens (including phenoxy) is 2. The van der Waals surface area contributed by atoms with Gasteiger partial charge in [0, 0.05) is 0 Å². The van der Waals surface area contributed by atoms with Crippen LogP contribution in [0.2, 0.25) is 0 Å². The van der Waals surface area contributed by atoms with Crippen molar-refractivity contribution >= 4 is 18.0 Å². The number of nitrogens with one attached hydrogen (secondary N) is 1. The molecule has 0 aromatic heterocycles. The van der Waals surface area contributed by atoms with E-state index in [2.05, 4.69) is 5.32 Å². The van der Waals surface area contributed by atoms with E-state index in [9.17, 15) is 14.4 Å². The van der Waals surface area contributed by atoms with Crippen LogP contribution in [-0.4, -0.2) is 41.4 Å². The molecule has 0 aromatic carbocycles. The summed E-state index contributed by atoms with van der Waals surface area (Å²) in [7, 11) is 0. The lowest BCUT2D eigenvalue weighted by molar-refractivity contribution is -0.152. The highest BCUT2D eigenvalue weighted by Gasteiger charge is 2.26. The standard InChI is InChI=1S/C15H27NO6/c1-9(2)7-10(3)13(19)21-8-11(12(17)18)16-14(20)22-15(4,5)6/h9-11H,7-8H2,1-6H3,(H,16,20)(H,17,18)/t10?,11-/m0/s1. The van der Waals surface area contributed by atoms with Crippen LogP contribution in [0.3, 0.4) is 0 Å². The molecule has 1 amide bonds. The van der Waals surface area contributed by atoms with E-state index < -0.39 is 36.3 Å². The molecule has 0 aliphatic carbocycles. The normalized spacial score (nSPS) is 14.1. The van der Waals surface area contributed by atoms with Gasteiger partial charge in [-0.2, -0.15) is 0 Å². The molecule has 1 unspecified atom stereocenters. The predicted molar refractivity (Wildman–Crippen MR) is 80.4 cm³/mol. The van der Waals surface area contributed by atoms with Crippen molar-refractivity contribution < 1.29 is 29.0 Å². The zero-order valence-electron chi connectivity index (χ0n) is 14.1. The zero-order valence-corrected chi connectivity index (χ0v) is 14.1. The molecule has 0 aliphatic rings. The third-order valence-corrected chi connectivity index (χ3v) is 2.61. The second-order valence-corrected chi connectivity index (χ2v) is 6.70. The smallest absolute Gasteiger partial charge is 0.408 e. The highest BCUT2D eigenvalue weighted by atomic mass is 16.6. The Labute approximate surface area is 131 Å². The number of alkyl carbamates (subject to hydrolysis) is 1. The molecule has 0 bridgehead atoms. The molecule has 0 aromatic rings. The van der Waals surface area contributed by atoms with E-state index in [-0.39, 0.29) is 5.92 Å². The number of carboxylic acid groups (broad SMARTS) is 1. The van der Waals surface area contributed by atoms with Crippen LogP contribution in [0.15, 0.2) is 0 Å². The van der Waals surface area contributed by atoms with Gasteiger partial charge in [-0.1, -0.05) is 20.8 Å². The number of carboxylic acids is 1. The van der Waals surface area contributed by atoms with Crippen molar-refractivity contribution in [3.8, 4) is 0 Å². The van der Waals surface area contributed by atoms with Gasteiger partial charge in [-0.25, -0.2) is 9.59 Å². The van der Waals surface area contributed by atoms with E-state index in [0.29, 0.717) is 12.3 Å². The van der Waals surface area contributed by atoms with Crippen molar-refractivity contribution in [1.29, 1.82) is 0 Å². The molecule has 0 heterocycles. The fourth-order valence-electron chi connectivity index (χ4n) is 1.74. The number of carbonyl (C=O) groups excluding carboxylic acids is 2. The molecule has 0 spiro atoms. The molecule has 2 N–H and O–H groups in total. The number of hydrogen-bond acceptors (Lipinski definition) is 5. The van der Waals surface area contributed by atoms with E-state index in [1.807, 2.05) is 13.8 Å². The van der Waals surface area contributed by atoms with Crippen LogP contribution in [0.25, 0.3) is 0 Å². The Morgan fingerprint density at radius 3 is 2.09 bits per heavy atom. The van der Waals surface area contributed by atoms with Gasteiger partial charge in [0.15, 0.2) is 6.04 Å². The van der Waals surface area contributed by atoms with Crippen LogP contribution in [0, 0.1) is 11.8 Å². The summed E-state index contributed by atoms with van der Waals surface area (Å²) >= 11 is 0. The summed E-state index contributed by atoms with van der Waals surface area (Å²) in [5.41, 5.74) is -0.740. The van der Waals surface area contributed by atoms with Crippen molar-refractivity contribution in [2.24, 2.45) is 11.8 Å². The highest BCUT2D eigenvalue weighted by molar-refractivity contribution is 5.80. The molecule has 128 valence electrons. The minimum absolute atomic E-state index is 0.323. The number of esters is 1. The summed E-state index contributed by atoms with van der Waals surface area (Å²) in [5, 5.41) is 11.2. The van der Waals surface area contributed by atoms with Gasteiger partial charge in [0.1, 0.15) is 12.2 Å². The van der Waals surface area contributed by atoms with Gasteiger partial charge in [0.05, 0.1) is 5.92 Å². The first-order valence-electron chi connectivity index (χ1n) is 7.31. The molecule has 7 nitrogen and oxygen atoms in total. The third kappa shape index (κ3) is 9.20. The molecular formula is C15H27NO6. The fraction of sp³-hybridized carbons (Fsp3) is 0.800. The second-order valence-electron chi connectivity index (χ2n) is 6.70. The average molecular weight is 317 g/mol. The van der Waals surface area contributed by atoms with Crippen LogP contribution >= 0.6 is 0 Å². The Morgan fingerprint density at radius 2 is 1.68 bits per heavy atom. The highest BCUT2D eigenvalue weighted by Crippen LogP contribution is 2.12. The summed E-state index contributed by atoms with van der Waals surface area (Å²) in [6.45, 7) is 10.2. The molecule has 0 saturated heterocycles. The quantitative estimate of drug-likeness (QED) is 0.698. The second kappa shape index (κ2) is 8.60. The van der Waals surface area contributed by atoms with E-state index in [0.717, 1.165) is 0 Å². The molecule has 0 fully saturated rings. The summed E-state index contributed by atoms with van der Waals surface area (Å²) in [6.07, 6.45) is -0.220. The average Bonchev–Trinajstić information content (AvgIpc) is 2.30. The Hall–Kier alpha value is -1.79. The van der Waals surface area contributed by atoms with Crippen LogP contribution < -0.4 is 5.32 Å². The Morgan fingerprint density at radius 1 is 1.14 bits per heavy atom. The third-order valence-electron chi connectivity index (χ3n) is 2.61. The van der Waals surface area contributed by atoms with Gasteiger partial charge in [-0.3, -0.25) is 4.79 Å². The van der Waals surface area contributed by atoms with E-state index in [1.165, 1.54) is 0 Å². The molecule has 7 heteroatoms. The first-order chi connectivity index (χ1) is 9.92. The van der Waals surface area contributed by atoms with Crippen molar-refractivity contribution in [3.63, 3.8) is 0 Å². The van der Waals surface area contributed by atoms with Gasteiger partial charge in [0.2, 0.25) is 0 Å². The minimum atomic E-state index is -1.34. The number of rotatable bonds is 7. The largest absolute Gasteiger partial charge is 0.480 e. The van der Waals surface area contributed by atoms with Crippen LogP contribution in [0.1, 0.15) is 48.0 Å². The fourth-order valence-corrected chi connectivity index (χ4v) is 1.74. The van der Waals surface area contributed by atoms with Gasteiger partial charge in [-0.15, -0.1) is 0 Å². The number of aliphatic carboxylic acids is 1. The lowest BCUT2D eigenvalue weighted by Gasteiger charge is -2.22. The summed E-state index contributed by atoms with van der Waals surface area (Å²) < 4.78 is 9.94. The number of amides is 1. The SMILES string of the molecule is CC(C)CC(C)C(=O)OC[C@H](NC(=O)OC(C)(C)C)C(=O)O. The molecule has 0 radical (unpaired) electrons. The van der Waals surface area contributed by atoms with E-state index in [1.54, 1.807) is 27.7 Å². The van der Waals surface area contributed by atoms with Crippen LogP contribution in [0.5, 0.6) is 0 Å². The maximum absolute atomic E-state index is 11.8. The molecule has 0 saturated carbocycles. The van der Waals surface area contributed by atoms with Crippen molar-refractivity contribution in [1.82, 2.24) is 5.32 Å². The van der Waals surface area contributed by atoms with E-state index in [4.69, 9.17) is 14.6 Å². The molecular weight excluding hydrogens is 290 g/mol. The summed E-state index contributed by atoms with van der Waals surface area (Å²) in [4.78, 5) is 34.4. The monoisotopic (exact) mass is 317 g/mol. The summed E-state index contributed by atoms with van der Waals surface area (Å²) in [6, 6.07) is -1.34. The van der Waals surface area contributed by atoms with E-state index >= 15 is 0 Å². The molecule has 2 atom stereocenters. The van der Waals surface area contributed by atoms with Crippen molar-refractivity contribution in [2.45, 2.75) is 59.6 Å². The topological polar surface area (TPSA) is 102 Å². The molecule has 0 aliphatic heterocycles. The van der Waals surface area contributed by atoms with Crippen molar-refractivity contribution in [3.05, 3.63) is 0 Å². The summed E-state index contributed by atoms with van der Waals surface area (Å²) in [5.74, 6) is -1.77. The first-order valence-corrected chi connectivity index (χ1v) is 7.31. The van der Waals surface area contributed by atoms with Gasteiger partial charge in [0.25, 0.3) is 0 Å². The minimum Gasteiger partial charge on any atom is -0.480 e. The van der Waals surface area contributed by atoms with Crippen LogP contribution in [0.4, 0.5) is 4.79 Å². The maximum atomic E-state index is 11.8. The Balaban J connectivity index is 4.45. The lowest BCUT2D eigenvalue weighted by Crippen LogP contribution is -2.46. The van der Waals surface area contributed by atoms with Crippen LogP contribution in [-0.2, 0) is 19.1 Å². The van der Waals surface area contributed by atoms with Gasteiger partial charge in [-0.05, 0) is 33.1 Å². The molecule has 22 heavy (non-hydrogen) atoms. The molecule has 0 rings (SSSR count).